The molecule has 3 nitrogen and oxygen atoms in total. The highest BCUT2D eigenvalue weighted by Crippen LogP contribution is 2.26. The molecule has 0 unspecified atom stereocenters. The molecule has 0 fully saturated rings. The van der Waals surface area contributed by atoms with Gasteiger partial charge in [0.15, 0.2) is 6.61 Å². The molecule has 0 radical (unpaired) electrons. The number of hydrogen-bond acceptors (Lipinski definition) is 3. The van der Waals surface area contributed by atoms with Crippen LogP contribution in [0.1, 0.15) is 5.56 Å². The number of nitrogens with one attached hydrogen (secondary N) is 1. The number of amides is 1. The van der Waals surface area contributed by atoms with Gasteiger partial charge in [0.05, 0.1) is 5.69 Å². The van der Waals surface area contributed by atoms with Crippen LogP contribution < -0.4 is 10.1 Å². The first kappa shape index (κ1) is 16.2. The lowest BCUT2D eigenvalue weighted by Crippen LogP contribution is -2.20. The third-order valence-corrected chi connectivity index (χ3v) is 3.95. The number of anilines is 1. The van der Waals surface area contributed by atoms with Gasteiger partial charge in [0.1, 0.15) is 5.75 Å². The van der Waals surface area contributed by atoms with E-state index < -0.39 is 0 Å². The van der Waals surface area contributed by atoms with Crippen molar-refractivity contribution in [2.24, 2.45) is 0 Å². The summed E-state index contributed by atoms with van der Waals surface area (Å²) in [5.74, 6) is 1.32. The van der Waals surface area contributed by atoms with E-state index in [2.05, 4.69) is 11.9 Å². The number of hydrogen-bond donors (Lipinski definition) is 1. The molecular weight excluding hydrogens is 294 g/mol. The van der Waals surface area contributed by atoms with Crippen molar-refractivity contribution < 1.29 is 9.53 Å². The largest absolute Gasteiger partial charge is 0.484 e. The van der Waals surface area contributed by atoms with Gasteiger partial charge < -0.3 is 10.1 Å². The van der Waals surface area contributed by atoms with Gasteiger partial charge in [-0.1, -0.05) is 30.3 Å². The lowest BCUT2D eigenvalue weighted by atomic mass is 10.2. The molecule has 1 amide bonds. The SMILES string of the molecule is C=CCSc1ccccc1NC(=O)COc1cccc(C)c1. The summed E-state index contributed by atoms with van der Waals surface area (Å²) in [6.07, 6.45) is 1.84. The van der Waals surface area contributed by atoms with E-state index in [-0.39, 0.29) is 12.5 Å². The highest BCUT2D eigenvalue weighted by atomic mass is 32.2. The van der Waals surface area contributed by atoms with Crippen LogP contribution in [-0.4, -0.2) is 18.3 Å². The molecule has 4 heteroatoms. The molecule has 2 rings (SSSR count). The number of rotatable bonds is 7. The number of carbonyl (C=O) groups excluding carboxylic acids is 1. The summed E-state index contributed by atoms with van der Waals surface area (Å²) in [7, 11) is 0. The highest BCUT2D eigenvalue weighted by molar-refractivity contribution is 7.99. The summed E-state index contributed by atoms with van der Waals surface area (Å²) in [5, 5.41) is 2.89. The summed E-state index contributed by atoms with van der Waals surface area (Å²) < 4.78 is 5.51. The molecule has 0 aromatic heterocycles. The van der Waals surface area contributed by atoms with Crippen molar-refractivity contribution >= 4 is 23.4 Å². The number of para-hydroxylation sites is 1. The molecule has 2 aromatic carbocycles. The minimum atomic E-state index is -0.173. The van der Waals surface area contributed by atoms with Gasteiger partial charge in [-0.15, -0.1) is 18.3 Å². The van der Waals surface area contributed by atoms with E-state index in [0.717, 1.165) is 21.9 Å². The monoisotopic (exact) mass is 313 g/mol. The Hall–Kier alpha value is -2.20. The Morgan fingerprint density at radius 3 is 2.86 bits per heavy atom. The molecule has 0 saturated carbocycles. The Morgan fingerprint density at radius 2 is 2.09 bits per heavy atom. The second kappa shape index (κ2) is 8.29. The molecular formula is C18H19NO2S. The molecule has 114 valence electrons. The van der Waals surface area contributed by atoms with Crippen molar-refractivity contribution in [1.82, 2.24) is 0 Å². The van der Waals surface area contributed by atoms with Crippen LogP contribution in [0.2, 0.25) is 0 Å². The number of aryl methyl sites for hydroxylation is 1. The normalized spacial score (nSPS) is 10.0. The van der Waals surface area contributed by atoms with Gasteiger partial charge in [-0.3, -0.25) is 4.79 Å². The Labute approximate surface area is 135 Å². The molecule has 0 aliphatic carbocycles. The number of ether oxygens (including phenoxy) is 1. The van der Waals surface area contributed by atoms with E-state index >= 15 is 0 Å². The van der Waals surface area contributed by atoms with Crippen molar-refractivity contribution in [3.63, 3.8) is 0 Å². The predicted octanol–water partition coefficient (Wildman–Crippen LogP) is 4.29. The van der Waals surface area contributed by atoms with Gasteiger partial charge in [0, 0.05) is 10.6 Å². The molecule has 22 heavy (non-hydrogen) atoms. The summed E-state index contributed by atoms with van der Waals surface area (Å²) in [6.45, 7) is 5.68. The first-order valence-electron chi connectivity index (χ1n) is 7.01. The molecule has 2 aromatic rings. The lowest BCUT2D eigenvalue weighted by Gasteiger charge is -2.11. The quantitative estimate of drug-likeness (QED) is 0.612. The van der Waals surface area contributed by atoms with Crippen molar-refractivity contribution in [2.75, 3.05) is 17.7 Å². The topological polar surface area (TPSA) is 38.3 Å². The van der Waals surface area contributed by atoms with Crippen LogP contribution in [0.4, 0.5) is 5.69 Å². The lowest BCUT2D eigenvalue weighted by molar-refractivity contribution is -0.118. The molecule has 0 aliphatic heterocycles. The van der Waals surface area contributed by atoms with Crippen LogP contribution in [0.25, 0.3) is 0 Å². The summed E-state index contributed by atoms with van der Waals surface area (Å²) in [5.41, 5.74) is 1.90. The molecule has 0 aliphatic rings. The summed E-state index contributed by atoms with van der Waals surface area (Å²) in [4.78, 5) is 13.1. The molecule has 0 spiro atoms. The Kier molecular flexibility index (Phi) is 6.10. The van der Waals surface area contributed by atoms with E-state index in [9.17, 15) is 4.79 Å². The van der Waals surface area contributed by atoms with Gasteiger partial charge in [0.25, 0.3) is 5.91 Å². The molecule has 0 atom stereocenters. The summed E-state index contributed by atoms with van der Waals surface area (Å²) in [6, 6.07) is 15.3. The van der Waals surface area contributed by atoms with E-state index in [1.165, 1.54) is 0 Å². The zero-order chi connectivity index (χ0) is 15.8. The zero-order valence-electron chi connectivity index (χ0n) is 12.5. The standard InChI is InChI=1S/C18H19NO2S/c1-3-11-22-17-10-5-4-9-16(17)19-18(20)13-21-15-8-6-7-14(2)12-15/h3-10,12H,1,11,13H2,2H3,(H,19,20). The van der Waals surface area contributed by atoms with Crippen LogP contribution in [-0.2, 0) is 4.79 Å². The van der Waals surface area contributed by atoms with Crippen LogP contribution in [0.3, 0.4) is 0 Å². The molecule has 0 saturated heterocycles. The minimum absolute atomic E-state index is 0.0100. The zero-order valence-corrected chi connectivity index (χ0v) is 13.4. The average molecular weight is 313 g/mol. The van der Waals surface area contributed by atoms with E-state index in [4.69, 9.17) is 4.74 Å². The number of thioether (sulfide) groups is 1. The fraction of sp³-hybridized carbons (Fsp3) is 0.167. The third kappa shape index (κ3) is 4.97. The van der Waals surface area contributed by atoms with Gasteiger partial charge in [-0.2, -0.15) is 0 Å². The second-order valence-corrected chi connectivity index (χ2v) is 5.81. The summed E-state index contributed by atoms with van der Waals surface area (Å²) >= 11 is 1.63. The third-order valence-electron chi connectivity index (χ3n) is 2.88. The number of benzene rings is 2. The van der Waals surface area contributed by atoms with Gasteiger partial charge in [0.2, 0.25) is 0 Å². The van der Waals surface area contributed by atoms with E-state index in [0.29, 0.717) is 5.75 Å². The van der Waals surface area contributed by atoms with Crippen LogP contribution >= 0.6 is 11.8 Å². The van der Waals surface area contributed by atoms with Crippen molar-refractivity contribution in [3.8, 4) is 5.75 Å². The second-order valence-electron chi connectivity index (χ2n) is 4.75. The first-order valence-corrected chi connectivity index (χ1v) is 7.99. The van der Waals surface area contributed by atoms with Crippen LogP contribution in [0, 0.1) is 6.92 Å². The van der Waals surface area contributed by atoms with Crippen molar-refractivity contribution in [2.45, 2.75) is 11.8 Å². The van der Waals surface area contributed by atoms with E-state index in [1.807, 2.05) is 61.5 Å². The minimum Gasteiger partial charge on any atom is -0.484 e. The Morgan fingerprint density at radius 1 is 1.27 bits per heavy atom. The maximum Gasteiger partial charge on any atom is 0.262 e. The van der Waals surface area contributed by atoms with Crippen LogP contribution in [0.5, 0.6) is 5.75 Å². The fourth-order valence-electron chi connectivity index (χ4n) is 1.88. The van der Waals surface area contributed by atoms with Gasteiger partial charge >= 0.3 is 0 Å². The Bertz CT molecular complexity index is 655. The van der Waals surface area contributed by atoms with Gasteiger partial charge in [-0.25, -0.2) is 0 Å². The maximum absolute atomic E-state index is 12.0. The fourth-order valence-corrected chi connectivity index (χ4v) is 2.63. The first-order chi connectivity index (χ1) is 10.7. The Balaban J connectivity index is 1.93. The van der Waals surface area contributed by atoms with Crippen molar-refractivity contribution in [3.05, 3.63) is 66.7 Å². The van der Waals surface area contributed by atoms with Crippen molar-refractivity contribution in [1.29, 1.82) is 0 Å². The predicted molar refractivity (Wildman–Crippen MR) is 92.7 cm³/mol. The van der Waals surface area contributed by atoms with Gasteiger partial charge in [-0.05, 0) is 36.8 Å². The highest BCUT2D eigenvalue weighted by Gasteiger charge is 2.07. The molecule has 0 heterocycles. The average Bonchev–Trinajstić information content (AvgIpc) is 2.52. The van der Waals surface area contributed by atoms with E-state index in [1.54, 1.807) is 11.8 Å². The maximum atomic E-state index is 12.0. The number of carbonyl (C=O) groups is 1. The smallest absolute Gasteiger partial charge is 0.262 e. The molecule has 1 N–H and O–H groups in total. The van der Waals surface area contributed by atoms with Crippen LogP contribution in [0.15, 0.2) is 66.1 Å². The molecule has 0 bridgehead atoms.